The highest BCUT2D eigenvalue weighted by molar-refractivity contribution is 5.79. The fourth-order valence-electron chi connectivity index (χ4n) is 4.46. The van der Waals surface area contributed by atoms with Crippen LogP contribution in [0.25, 0.3) is 0 Å². The molecule has 1 amide bonds. The molecule has 24 heavy (non-hydrogen) atoms. The van der Waals surface area contributed by atoms with Gasteiger partial charge < -0.3 is 10.0 Å². The third kappa shape index (κ3) is 3.64. The molecule has 0 unspecified atom stereocenters. The monoisotopic (exact) mass is 333 g/mol. The molecule has 1 aromatic rings. The Labute approximate surface area is 143 Å². The molecule has 132 valence electrons. The second-order valence-electron chi connectivity index (χ2n) is 7.45. The molecule has 1 N–H and O–H groups in total. The molecule has 1 aliphatic carbocycles. The van der Waals surface area contributed by atoms with E-state index in [0.29, 0.717) is 12.0 Å². The lowest BCUT2D eigenvalue weighted by Gasteiger charge is -2.38. The number of amides is 1. The van der Waals surface area contributed by atoms with Gasteiger partial charge in [-0.2, -0.15) is 0 Å². The normalized spacial score (nSPS) is 28.8. The van der Waals surface area contributed by atoms with Crippen LogP contribution in [0, 0.1) is 17.7 Å². The maximum absolute atomic E-state index is 13.9. The summed E-state index contributed by atoms with van der Waals surface area (Å²) in [5, 5.41) is 10.4. The highest BCUT2D eigenvalue weighted by Gasteiger charge is 2.39. The molecular weight excluding hydrogens is 305 g/mol. The third-order valence-corrected chi connectivity index (χ3v) is 5.76. The van der Waals surface area contributed by atoms with Gasteiger partial charge in [0.25, 0.3) is 0 Å². The van der Waals surface area contributed by atoms with Crippen molar-refractivity contribution in [2.24, 2.45) is 11.8 Å². The number of aliphatic hydroxyl groups excluding tert-OH is 1. The maximum Gasteiger partial charge on any atom is 0.225 e. The first kappa shape index (κ1) is 17.4. The Hall–Kier alpha value is -1.42. The Morgan fingerprint density at radius 3 is 2.75 bits per heavy atom. The number of hydrogen-bond acceptors (Lipinski definition) is 2. The Kier molecular flexibility index (Phi) is 5.54. The SMILES string of the molecule is C[C@H](Cc1ccccc1F)C(=O)N1CCC[C@@H]1[C@H]1CCCC[C@H]1O. The molecule has 4 atom stereocenters. The van der Waals surface area contributed by atoms with E-state index < -0.39 is 0 Å². The largest absolute Gasteiger partial charge is 0.393 e. The zero-order chi connectivity index (χ0) is 17.1. The third-order valence-electron chi connectivity index (χ3n) is 5.76. The van der Waals surface area contributed by atoms with Crippen molar-refractivity contribution >= 4 is 5.91 Å². The highest BCUT2D eigenvalue weighted by Crippen LogP contribution is 2.35. The molecule has 1 aromatic carbocycles. The van der Waals surface area contributed by atoms with Crippen molar-refractivity contribution in [3.05, 3.63) is 35.6 Å². The van der Waals surface area contributed by atoms with Gasteiger partial charge in [0.15, 0.2) is 0 Å². The summed E-state index contributed by atoms with van der Waals surface area (Å²) >= 11 is 0. The lowest BCUT2D eigenvalue weighted by Crippen LogP contribution is -2.47. The Morgan fingerprint density at radius 1 is 1.25 bits per heavy atom. The Balaban J connectivity index is 1.67. The molecule has 0 aromatic heterocycles. The van der Waals surface area contributed by atoms with Crippen LogP contribution in [0.5, 0.6) is 0 Å². The summed E-state index contributed by atoms with van der Waals surface area (Å²) in [5.74, 6) is -0.148. The summed E-state index contributed by atoms with van der Waals surface area (Å²) in [4.78, 5) is 14.9. The second-order valence-corrected chi connectivity index (χ2v) is 7.45. The van der Waals surface area contributed by atoms with E-state index in [9.17, 15) is 14.3 Å². The smallest absolute Gasteiger partial charge is 0.225 e. The first-order chi connectivity index (χ1) is 11.6. The molecule has 1 aliphatic heterocycles. The van der Waals surface area contributed by atoms with E-state index in [1.54, 1.807) is 12.1 Å². The highest BCUT2D eigenvalue weighted by atomic mass is 19.1. The Morgan fingerprint density at radius 2 is 2.00 bits per heavy atom. The minimum atomic E-state index is -0.279. The predicted octanol–water partition coefficient (Wildman–Crippen LogP) is 3.55. The molecule has 0 bridgehead atoms. The van der Waals surface area contributed by atoms with Crippen LogP contribution in [-0.2, 0) is 11.2 Å². The quantitative estimate of drug-likeness (QED) is 0.915. The summed E-state index contributed by atoms with van der Waals surface area (Å²) in [6.45, 7) is 2.66. The van der Waals surface area contributed by atoms with Crippen molar-refractivity contribution < 1.29 is 14.3 Å². The number of aliphatic hydroxyl groups is 1. The zero-order valence-corrected chi connectivity index (χ0v) is 14.5. The van der Waals surface area contributed by atoms with Crippen molar-refractivity contribution in [1.29, 1.82) is 0 Å². The first-order valence-corrected chi connectivity index (χ1v) is 9.30. The van der Waals surface area contributed by atoms with Crippen molar-refractivity contribution in [2.75, 3.05) is 6.54 Å². The molecule has 0 spiro atoms. The number of carbonyl (C=O) groups is 1. The minimum absolute atomic E-state index is 0.110. The number of halogens is 1. The predicted molar refractivity (Wildman–Crippen MR) is 92.0 cm³/mol. The fraction of sp³-hybridized carbons (Fsp3) is 0.650. The van der Waals surface area contributed by atoms with Gasteiger partial charge in [0.05, 0.1) is 6.10 Å². The molecule has 1 heterocycles. The van der Waals surface area contributed by atoms with Crippen LogP contribution in [0.15, 0.2) is 24.3 Å². The summed E-state index contributed by atoms with van der Waals surface area (Å²) < 4.78 is 13.9. The van der Waals surface area contributed by atoms with Gasteiger partial charge in [-0.15, -0.1) is 0 Å². The van der Waals surface area contributed by atoms with Crippen LogP contribution in [0.4, 0.5) is 4.39 Å². The van der Waals surface area contributed by atoms with Gasteiger partial charge in [-0.25, -0.2) is 4.39 Å². The standard InChI is InChI=1S/C20H28FNO2/c1-14(13-15-7-2-4-9-17(15)21)20(24)22-12-6-10-18(22)16-8-3-5-11-19(16)23/h2,4,7,9,14,16,18-19,23H,3,5-6,8,10-13H2,1H3/t14-,16-,18-,19-/m1/s1. The molecule has 1 saturated carbocycles. The summed E-state index contributed by atoms with van der Waals surface area (Å²) in [6, 6.07) is 6.85. The summed E-state index contributed by atoms with van der Waals surface area (Å²) in [7, 11) is 0. The van der Waals surface area contributed by atoms with Gasteiger partial charge in [0, 0.05) is 24.4 Å². The molecular formula is C20H28FNO2. The van der Waals surface area contributed by atoms with E-state index in [1.807, 2.05) is 17.9 Å². The van der Waals surface area contributed by atoms with Crippen molar-refractivity contribution in [3.63, 3.8) is 0 Å². The molecule has 1 saturated heterocycles. The van der Waals surface area contributed by atoms with Crippen LogP contribution in [-0.4, -0.2) is 34.6 Å². The molecule has 0 radical (unpaired) electrons. The van der Waals surface area contributed by atoms with Crippen molar-refractivity contribution in [2.45, 2.75) is 64.0 Å². The number of nitrogens with zero attached hydrogens (tertiary/aromatic N) is 1. The van der Waals surface area contributed by atoms with Gasteiger partial charge in [0.1, 0.15) is 5.82 Å². The summed E-state index contributed by atoms with van der Waals surface area (Å²) in [6.07, 6.45) is 6.24. The lowest BCUT2D eigenvalue weighted by atomic mass is 9.80. The summed E-state index contributed by atoms with van der Waals surface area (Å²) in [5.41, 5.74) is 0.604. The second kappa shape index (κ2) is 7.64. The molecule has 2 aliphatic rings. The van der Waals surface area contributed by atoms with Crippen LogP contribution in [0.2, 0.25) is 0 Å². The maximum atomic E-state index is 13.9. The van der Waals surface area contributed by atoms with Crippen LogP contribution < -0.4 is 0 Å². The number of hydrogen-bond donors (Lipinski definition) is 1. The van der Waals surface area contributed by atoms with Crippen molar-refractivity contribution in [3.8, 4) is 0 Å². The van der Waals surface area contributed by atoms with Gasteiger partial charge in [0.2, 0.25) is 5.91 Å². The average molecular weight is 333 g/mol. The van der Waals surface area contributed by atoms with E-state index in [4.69, 9.17) is 0 Å². The first-order valence-electron chi connectivity index (χ1n) is 9.30. The number of rotatable bonds is 4. The average Bonchev–Trinajstić information content (AvgIpc) is 3.06. The van der Waals surface area contributed by atoms with Gasteiger partial charge in [-0.1, -0.05) is 38.0 Å². The number of carbonyl (C=O) groups excluding carboxylic acids is 1. The minimum Gasteiger partial charge on any atom is -0.393 e. The topological polar surface area (TPSA) is 40.5 Å². The van der Waals surface area contributed by atoms with Crippen LogP contribution in [0.1, 0.15) is 51.0 Å². The molecule has 3 rings (SSSR count). The van der Waals surface area contributed by atoms with E-state index >= 15 is 0 Å². The zero-order valence-electron chi connectivity index (χ0n) is 14.5. The van der Waals surface area contributed by atoms with E-state index in [-0.39, 0.29) is 35.7 Å². The van der Waals surface area contributed by atoms with Gasteiger partial charge in [-0.05, 0) is 43.7 Å². The Bertz CT molecular complexity index is 577. The molecule has 4 heteroatoms. The number of benzene rings is 1. The van der Waals surface area contributed by atoms with Crippen LogP contribution >= 0.6 is 0 Å². The van der Waals surface area contributed by atoms with E-state index in [1.165, 1.54) is 6.07 Å². The number of likely N-dealkylation sites (tertiary alicyclic amines) is 1. The van der Waals surface area contributed by atoms with E-state index in [2.05, 4.69) is 0 Å². The molecule has 3 nitrogen and oxygen atoms in total. The van der Waals surface area contributed by atoms with Gasteiger partial charge in [-0.3, -0.25) is 4.79 Å². The lowest BCUT2D eigenvalue weighted by molar-refractivity contribution is -0.138. The molecule has 2 fully saturated rings. The van der Waals surface area contributed by atoms with E-state index in [0.717, 1.165) is 45.1 Å². The van der Waals surface area contributed by atoms with Crippen LogP contribution in [0.3, 0.4) is 0 Å². The fourth-order valence-corrected chi connectivity index (χ4v) is 4.46. The van der Waals surface area contributed by atoms with Gasteiger partial charge >= 0.3 is 0 Å². The van der Waals surface area contributed by atoms with Crippen molar-refractivity contribution in [1.82, 2.24) is 4.90 Å².